The van der Waals surface area contributed by atoms with E-state index in [0.717, 1.165) is 32.1 Å². The molecule has 4 nitrogen and oxygen atoms in total. The quantitative estimate of drug-likeness (QED) is 0.826. The third-order valence-electron chi connectivity index (χ3n) is 4.59. The van der Waals surface area contributed by atoms with Crippen molar-refractivity contribution in [2.75, 3.05) is 6.61 Å². The Morgan fingerprint density at radius 2 is 2.32 bits per heavy atom. The SMILES string of the molecule is CCCc1nccn1C1CCC(CO)(NC2CC2)C1. The van der Waals surface area contributed by atoms with E-state index in [9.17, 15) is 5.11 Å². The molecule has 0 bridgehead atoms. The molecule has 0 amide bonds. The third-order valence-corrected chi connectivity index (χ3v) is 4.59. The molecule has 2 N–H and O–H groups in total. The van der Waals surface area contributed by atoms with Gasteiger partial charge in [-0.2, -0.15) is 0 Å². The second kappa shape index (κ2) is 5.25. The second-order valence-corrected chi connectivity index (χ2v) is 6.25. The Kier molecular flexibility index (Phi) is 3.63. The number of hydrogen-bond acceptors (Lipinski definition) is 3. The molecule has 0 radical (unpaired) electrons. The Hall–Kier alpha value is -0.870. The summed E-state index contributed by atoms with van der Waals surface area (Å²) in [5, 5.41) is 13.5. The van der Waals surface area contributed by atoms with Crippen LogP contribution in [0.3, 0.4) is 0 Å². The minimum Gasteiger partial charge on any atom is -0.394 e. The monoisotopic (exact) mass is 263 g/mol. The molecule has 2 fully saturated rings. The van der Waals surface area contributed by atoms with Crippen molar-refractivity contribution in [3.05, 3.63) is 18.2 Å². The highest BCUT2D eigenvalue weighted by Gasteiger charge is 2.42. The van der Waals surface area contributed by atoms with Crippen LogP contribution in [0.4, 0.5) is 0 Å². The molecule has 19 heavy (non-hydrogen) atoms. The van der Waals surface area contributed by atoms with Gasteiger partial charge in [-0.3, -0.25) is 0 Å². The molecule has 0 aliphatic heterocycles. The van der Waals surface area contributed by atoms with Gasteiger partial charge in [0.15, 0.2) is 0 Å². The number of aliphatic hydroxyl groups is 1. The van der Waals surface area contributed by atoms with Gasteiger partial charge in [0.05, 0.1) is 6.61 Å². The molecule has 1 heterocycles. The highest BCUT2D eigenvalue weighted by atomic mass is 16.3. The van der Waals surface area contributed by atoms with Crippen LogP contribution in [0.2, 0.25) is 0 Å². The predicted octanol–water partition coefficient (Wildman–Crippen LogP) is 2.04. The molecule has 2 unspecified atom stereocenters. The smallest absolute Gasteiger partial charge is 0.108 e. The van der Waals surface area contributed by atoms with Gasteiger partial charge >= 0.3 is 0 Å². The fourth-order valence-corrected chi connectivity index (χ4v) is 3.41. The van der Waals surface area contributed by atoms with Crippen LogP contribution >= 0.6 is 0 Å². The largest absolute Gasteiger partial charge is 0.394 e. The van der Waals surface area contributed by atoms with Crippen LogP contribution in [0.1, 0.15) is 57.3 Å². The molecule has 106 valence electrons. The van der Waals surface area contributed by atoms with Crippen LogP contribution in [0.5, 0.6) is 0 Å². The van der Waals surface area contributed by atoms with Gasteiger partial charge in [-0.25, -0.2) is 4.98 Å². The van der Waals surface area contributed by atoms with E-state index in [1.54, 1.807) is 0 Å². The van der Waals surface area contributed by atoms with Crippen LogP contribution in [0, 0.1) is 0 Å². The van der Waals surface area contributed by atoms with Crippen LogP contribution in [-0.4, -0.2) is 32.8 Å². The zero-order chi connectivity index (χ0) is 13.3. The van der Waals surface area contributed by atoms with Crippen molar-refractivity contribution in [2.45, 2.75) is 69.5 Å². The minimum atomic E-state index is -0.0421. The minimum absolute atomic E-state index is 0.0421. The van der Waals surface area contributed by atoms with Crippen molar-refractivity contribution < 1.29 is 5.11 Å². The first-order valence-electron chi connectivity index (χ1n) is 7.66. The van der Waals surface area contributed by atoms with E-state index >= 15 is 0 Å². The molecule has 2 saturated carbocycles. The zero-order valence-electron chi connectivity index (χ0n) is 11.8. The Balaban J connectivity index is 1.71. The summed E-state index contributed by atoms with van der Waals surface area (Å²) >= 11 is 0. The number of nitrogens with zero attached hydrogens (tertiary/aromatic N) is 2. The number of aromatic nitrogens is 2. The third kappa shape index (κ3) is 2.70. The van der Waals surface area contributed by atoms with Gasteiger partial charge in [0.25, 0.3) is 0 Å². The molecule has 2 aliphatic rings. The number of aliphatic hydroxyl groups excluding tert-OH is 1. The van der Waals surface area contributed by atoms with Crippen LogP contribution in [0.25, 0.3) is 0 Å². The van der Waals surface area contributed by atoms with Crippen LogP contribution < -0.4 is 5.32 Å². The van der Waals surface area contributed by atoms with Crippen LogP contribution in [-0.2, 0) is 6.42 Å². The van der Waals surface area contributed by atoms with E-state index < -0.39 is 0 Å². The van der Waals surface area contributed by atoms with Gasteiger partial charge < -0.3 is 15.0 Å². The number of rotatable bonds is 6. The lowest BCUT2D eigenvalue weighted by Gasteiger charge is -2.29. The van der Waals surface area contributed by atoms with Gasteiger partial charge in [0.1, 0.15) is 5.82 Å². The molecule has 0 aromatic carbocycles. The highest BCUT2D eigenvalue weighted by molar-refractivity contribution is 5.05. The molecule has 1 aromatic rings. The molecule has 2 aliphatic carbocycles. The maximum absolute atomic E-state index is 9.79. The molecule has 0 saturated heterocycles. The summed E-state index contributed by atoms with van der Waals surface area (Å²) in [7, 11) is 0. The van der Waals surface area contributed by atoms with Crippen LogP contribution in [0.15, 0.2) is 12.4 Å². The maximum Gasteiger partial charge on any atom is 0.108 e. The molecule has 0 spiro atoms. The van der Waals surface area contributed by atoms with Gasteiger partial charge in [-0.15, -0.1) is 0 Å². The van der Waals surface area contributed by atoms with E-state index in [2.05, 4.69) is 28.0 Å². The Morgan fingerprint density at radius 1 is 1.47 bits per heavy atom. The molecule has 2 atom stereocenters. The lowest BCUT2D eigenvalue weighted by atomic mass is 9.98. The topological polar surface area (TPSA) is 50.1 Å². The lowest BCUT2D eigenvalue weighted by molar-refractivity contribution is 0.158. The van der Waals surface area contributed by atoms with Gasteiger partial charge in [0.2, 0.25) is 0 Å². The van der Waals surface area contributed by atoms with Crippen molar-refractivity contribution in [1.29, 1.82) is 0 Å². The average Bonchev–Trinajstić information content (AvgIpc) is 2.93. The molecule has 3 rings (SSSR count). The highest BCUT2D eigenvalue weighted by Crippen LogP contribution is 2.40. The molecule has 4 heteroatoms. The fourth-order valence-electron chi connectivity index (χ4n) is 3.41. The van der Waals surface area contributed by atoms with Crippen molar-refractivity contribution in [1.82, 2.24) is 14.9 Å². The van der Waals surface area contributed by atoms with Crippen molar-refractivity contribution in [3.63, 3.8) is 0 Å². The maximum atomic E-state index is 9.79. The molecular formula is C15H25N3O. The Bertz CT molecular complexity index is 427. The average molecular weight is 263 g/mol. The molecular weight excluding hydrogens is 238 g/mol. The number of aryl methyl sites for hydroxylation is 1. The van der Waals surface area contributed by atoms with Crippen molar-refractivity contribution >= 4 is 0 Å². The first kappa shape index (κ1) is 13.1. The van der Waals surface area contributed by atoms with Crippen molar-refractivity contribution in [2.24, 2.45) is 0 Å². The molecule has 1 aromatic heterocycles. The van der Waals surface area contributed by atoms with Gasteiger partial charge in [-0.1, -0.05) is 6.92 Å². The predicted molar refractivity (Wildman–Crippen MR) is 75.1 cm³/mol. The first-order chi connectivity index (χ1) is 9.26. The summed E-state index contributed by atoms with van der Waals surface area (Å²) in [6.45, 7) is 2.46. The van der Waals surface area contributed by atoms with E-state index in [0.29, 0.717) is 12.1 Å². The number of nitrogens with one attached hydrogen (secondary N) is 1. The van der Waals surface area contributed by atoms with E-state index in [-0.39, 0.29) is 12.1 Å². The van der Waals surface area contributed by atoms with E-state index in [1.165, 1.54) is 18.7 Å². The number of hydrogen-bond donors (Lipinski definition) is 2. The fraction of sp³-hybridized carbons (Fsp3) is 0.800. The standard InChI is InChI=1S/C15H25N3O/c1-2-3-14-16-8-9-18(14)13-6-7-15(10-13,11-19)17-12-4-5-12/h8-9,12-13,17,19H,2-7,10-11H2,1H3. The summed E-state index contributed by atoms with van der Waals surface area (Å²) in [5.74, 6) is 1.20. The Morgan fingerprint density at radius 3 is 3.00 bits per heavy atom. The summed E-state index contributed by atoms with van der Waals surface area (Å²) in [5.41, 5.74) is -0.0421. The lowest BCUT2D eigenvalue weighted by Crippen LogP contribution is -2.47. The Labute approximate surface area is 115 Å². The summed E-state index contributed by atoms with van der Waals surface area (Å²) in [6, 6.07) is 1.16. The summed E-state index contributed by atoms with van der Waals surface area (Å²) in [6.07, 6.45) is 12.0. The van der Waals surface area contributed by atoms with Crippen molar-refractivity contribution in [3.8, 4) is 0 Å². The van der Waals surface area contributed by atoms with E-state index in [4.69, 9.17) is 0 Å². The normalized spacial score (nSPS) is 30.9. The summed E-state index contributed by atoms with van der Waals surface area (Å²) < 4.78 is 2.34. The zero-order valence-corrected chi connectivity index (χ0v) is 11.8. The number of imidazole rings is 1. The first-order valence-corrected chi connectivity index (χ1v) is 7.66. The van der Waals surface area contributed by atoms with E-state index in [1.807, 2.05) is 6.20 Å². The van der Waals surface area contributed by atoms with Gasteiger partial charge in [-0.05, 0) is 38.5 Å². The van der Waals surface area contributed by atoms with Gasteiger partial charge in [0, 0.05) is 36.4 Å². The summed E-state index contributed by atoms with van der Waals surface area (Å²) in [4.78, 5) is 4.48. The second-order valence-electron chi connectivity index (χ2n) is 6.25.